The molecule has 1 saturated carbocycles. The Kier molecular flexibility index (Phi) is 2.84. The van der Waals surface area contributed by atoms with Crippen molar-refractivity contribution >= 4 is 11.6 Å². The first kappa shape index (κ1) is 9.01. The van der Waals surface area contributed by atoms with Crippen molar-refractivity contribution in [2.45, 2.75) is 31.1 Å². The Hall–Kier alpha value is -0.560. The highest BCUT2D eigenvalue weighted by Crippen LogP contribution is 2.37. The number of nitrogens with zero attached hydrogens (tertiary/aromatic N) is 1. The van der Waals surface area contributed by atoms with E-state index >= 15 is 0 Å². The fraction of sp³-hybridized carbons (Fsp3) is 0.545. The smallest absolute Gasteiger partial charge is 0.0367 e. The monoisotopic (exact) mass is 195 g/mol. The molecule has 1 unspecified atom stereocenters. The largest absolute Gasteiger partial charge is 0.264 e. The maximum atomic E-state index is 6.21. The molecule has 0 amide bonds. The molecule has 0 radical (unpaired) electrons. The maximum absolute atomic E-state index is 6.21. The van der Waals surface area contributed by atoms with Gasteiger partial charge in [0.05, 0.1) is 0 Å². The first-order chi connectivity index (χ1) is 6.36. The van der Waals surface area contributed by atoms with Crippen LogP contribution in [0.25, 0.3) is 0 Å². The van der Waals surface area contributed by atoms with Crippen LogP contribution in [-0.2, 0) is 6.42 Å². The first-order valence-corrected chi connectivity index (χ1v) is 5.33. The van der Waals surface area contributed by atoms with Crippen molar-refractivity contribution in [1.29, 1.82) is 0 Å². The molecule has 1 aliphatic carbocycles. The van der Waals surface area contributed by atoms with Gasteiger partial charge in [0, 0.05) is 17.8 Å². The van der Waals surface area contributed by atoms with Gasteiger partial charge in [-0.1, -0.05) is 6.07 Å². The molecule has 0 spiro atoms. The van der Waals surface area contributed by atoms with Crippen LogP contribution in [-0.4, -0.2) is 10.4 Å². The topological polar surface area (TPSA) is 12.9 Å². The maximum Gasteiger partial charge on any atom is 0.0367 e. The zero-order chi connectivity index (χ0) is 9.10. The van der Waals surface area contributed by atoms with E-state index in [9.17, 15) is 0 Å². The van der Waals surface area contributed by atoms with Crippen LogP contribution in [0.5, 0.6) is 0 Å². The van der Waals surface area contributed by atoms with E-state index in [1.807, 2.05) is 18.5 Å². The third-order valence-corrected chi connectivity index (χ3v) is 3.14. The van der Waals surface area contributed by atoms with E-state index in [-0.39, 0.29) is 0 Å². The molecule has 1 nitrogen and oxygen atoms in total. The van der Waals surface area contributed by atoms with E-state index in [0.29, 0.717) is 5.38 Å². The molecule has 2 heteroatoms. The molecule has 1 fully saturated rings. The van der Waals surface area contributed by atoms with Gasteiger partial charge in [-0.15, -0.1) is 11.6 Å². The summed E-state index contributed by atoms with van der Waals surface area (Å²) in [5.41, 5.74) is 1.30. The van der Waals surface area contributed by atoms with E-state index in [2.05, 4.69) is 11.1 Å². The highest BCUT2D eigenvalue weighted by atomic mass is 35.5. The van der Waals surface area contributed by atoms with Crippen molar-refractivity contribution < 1.29 is 0 Å². The Bertz CT molecular complexity index is 256. The van der Waals surface area contributed by atoms with Gasteiger partial charge < -0.3 is 0 Å². The van der Waals surface area contributed by atoms with Crippen molar-refractivity contribution in [1.82, 2.24) is 4.98 Å². The summed E-state index contributed by atoms with van der Waals surface area (Å²) in [5.74, 6) is 0.804. The van der Waals surface area contributed by atoms with E-state index in [4.69, 9.17) is 11.6 Å². The lowest BCUT2D eigenvalue weighted by Gasteiger charge is -2.06. The molecule has 1 aliphatic rings. The molecule has 0 aromatic carbocycles. The van der Waals surface area contributed by atoms with Gasteiger partial charge in [0.1, 0.15) is 0 Å². The van der Waals surface area contributed by atoms with E-state index in [0.717, 1.165) is 18.8 Å². The van der Waals surface area contributed by atoms with E-state index < -0.39 is 0 Å². The van der Waals surface area contributed by atoms with Crippen LogP contribution in [0, 0.1) is 5.92 Å². The number of aromatic nitrogens is 1. The summed E-state index contributed by atoms with van der Waals surface area (Å²) in [6.45, 7) is 0. The third kappa shape index (κ3) is 2.70. The second-order valence-electron chi connectivity index (χ2n) is 3.75. The standard InChI is InChI=1S/C11H14ClN/c12-11(10-4-5-10)6-3-9-2-1-7-13-8-9/h1-2,7-8,10-11H,3-6H2. The number of aryl methyl sites for hydroxylation is 1. The normalized spacial score (nSPS) is 18.5. The van der Waals surface area contributed by atoms with Gasteiger partial charge in [-0.2, -0.15) is 0 Å². The third-order valence-electron chi connectivity index (χ3n) is 2.57. The second kappa shape index (κ2) is 4.10. The average molecular weight is 196 g/mol. The van der Waals surface area contributed by atoms with Crippen LogP contribution < -0.4 is 0 Å². The van der Waals surface area contributed by atoms with Crippen LogP contribution in [0.1, 0.15) is 24.8 Å². The molecule has 13 heavy (non-hydrogen) atoms. The number of rotatable bonds is 4. The van der Waals surface area contributed by atoms with Gasteiger partial charge in [0.15, 0.2) is 0 Å². The van der Waals surface area contributed by atoms with Gasteiger partial charge in [-0.05, 0) is 43.2 Å². The van der Waals surface area contributed by atoms with Gasteiger partial charge in [-0.3, -0.25) is 4.98 Å². The second-order valence-corrected chi connectivity index (χ2v) is 4.31. The lowest BCUT2D eigenvalue weighted by molar-refractivity contribution is 0.675. The quantitative estimate of drug-likeness (QED) is 0.674. The molecule has 0 saturated heterocycles. The Balaban J connectivity index is 1.78. The summed E-state index contributed by atoms with van der Waals surface area (Å²) in [6, 6.07) is 4.10. The average Bonchev–Trinajstić information content (AvgIpc) is 2.99. The van der Waals surface area contributed by atoms with Gasteiger partial charge in [-0.25, -0.2) is 0 Å². The molecule has 1 atom stereocenters. The zero-order valence-corrected chi connectivity index (χ0v) is 8.37. The molecule has 0 bridgehead atoms. The van der Waals surface area contributed by atoms with Gasteiger partial charge >= 0.3 is 0 Å². The number of alkyl halides is 1. The molecule has 2 rings (SSSR count). The van der Waals surface area contributed by atoms with Crippen molar-refractivity contribution in [3.63, 3.8) is 0 Å². The highest BCUT2D eigenvalue weighted by molar-refractivity contribution is 6.20. The van der Waals surface area contributed by atoms with Crippen molar-refractivity contribution in [3.8, 4) is 0 Å². The lowest BCUT2D eigenvalue weighted by Crippen LogP contribution is -2.02. The molecular formula is C11H14ClN. The Labute approximate surface area is 84.1 Å². The summed E-state index contributed by atoms with van der Waals surface area (Å²) in [6.07, 6.45) is 8.57. The SMILES string of the molecule is ClC(CCc1cccnc1)C1CC1. The van der Waals surface area contributed by atoms with E-state index in [1.165, 1.54) is 18.4 Å². The van der Waals surface area contributed by atoms with Crippen molar-refractivity contribution in [2.75, 3.05) is 0 Å². The fourth-order valence-corrected chi connectivity index (χ4v) is 1.91. The Morgan fingerprint density at radius 3 is 3.00 bits per heavy atom. The predicted octanol–water partition coefficient (Wildman–Crippen LogP) is 3.03. The van der Waals surface area contributed by atoms with Crippen molar-refractivity contribution in [2.24, 2.45) is 5.92 Å². The highest BCUT2D eigenvalue weighted by Gasteiger charge is 2.28. The summed E-state index contributed by atoms with van der Waals surface area (Å²) >= 11 is 6.21. The van der Waals surface area contributed by atoms with Gasteiger partial charge in [0.25, 0.3) is 0 Å². The van der Waals surface area contributed by atoms with Crippen LogP contribution in [0.4, 0.5) is 0 Å². The van der Waals surface area contributed by atoms with E-state index in [1.54, 1.807) is 0 Å². The number of hydrogen-bond acceptors (Lipinski definition) is 1. The van der Waals surface area contributed by atoms with Crippen LogP contribution >= 0.6 is 11.6 Å². The summed E-state index contributed by atoms with van der Waals surface area (Å²) in [7, 11) is 0. The fourth-order valence-electron chi connectivity index (χ4n) is 1.54. The minimum atomic E-state index is 0.389. The van der Waals surface area contributed by atoms with Gasteiger partial charge in [0.2, 0.25) is 0 Å². The molecule has 70 valence electrons. The number of pyridine rings is 1. The van der Waals surface area contributed by atoms with Crippen LogP contribution in [0.15, 0.2) is 24.5 Å². The number of halogens is 1. The molecule has 0 N–H and O–H groups in total. The molecule has 1 aromatic rings. The van der Waals surface area contributed by atoms with Crippen LogP contribution in [0.3, 0.4) is 0 Å². The predicted molar refractivity (Wildman–Crippen MR) is 54.9 cm³/mol. The van der Waals surface area contributed by atoms with Crippen LogP contribution in [0.2, 0.25) is 0 Å². The lowest BCUT2D eigenvalue weighted by atomic mass is 10.1. The van der Waals surface area contributed by atoms with Crippen molar-refractivity contribution in [3.05, 3.63) is 30.1 Å². The number of hydrogen-bond donors (Lipinski definition) is 0. The molecule has 1 aromatic heterocycles. The Morgan fingerprint density at radius 2 is 2.38 bits per heavy atom. The summed E-state index contributed by atoms with van der Waals surface area (Å²) in [4.78, 5) is 4.08. The first-order valence-electron chi connectivity index (χ1n) is 4.89. The molecule has 0 aliphatic heterocycles. The summed E-state index contributed by atoms with van der Waals surface area (Å²) in [5, 5.41) is 0.389. The molecular weight excluding hydrogens is 182 g/mol. The summed E-state index contributed by atoms with van der Waals surface area (Å²) < 4.78 is 0. The Morgan fingerprint density at radius 1 is 1.54 bits per heavy atom. The zero-order valence-electron chi connectivity index (χ0n) is 7.62. The molecule has 1 heterocycles. The minimum absolute atomic E-state index is 0.389. The minimum Gasteiger partial charge on any atom is -0.264 e.